The summed E-state index contributed by atoms with van der Waals surface area (Å²) in [4.78, 5) is 15.0. The molecule has 1 aromatic carbocycles. The summed E-state index contributed by atoms with van der Waals surface area (Å²) in [5.41, 5.74) is 1.23. The minimum Gasteiger partial charge on any atom is -0.480 e. The summed E-state index contributed by atoms with van der Waals surface area (Å²) in [6, 6.07) is 10.6. The first-order chi connectivity index (χ1) is 8.66. The molecule has 4 nitrogen and oxygen atoms in total. The predicted octanol–water partition coefficient (Wildman–Crippen LogP) is 1.67. The minimum absolute atomic E-state index is 0.118. The number of nitrogens with zero attached hydrogens (tertiary/aromatic N) is 2. The van der Waals surface area contributed by atoms with E-state index in [0.717, 1.165) is 25.9 Å². The van der Waals surface area contributed by atoms with Crippen LogP contribution in [0.4, 0.5) is 5.69 Å². The van der Waals surface area contributed by atoms with E-state index in [1.54, 1.807) is 0 Å². The number of carboxylic acid groups (broad SMARTS) is 1. The fourth-order valence-electron chi connectivity index (χ4n) is 2.53. The summed E-state index contributed by atoms with van der Waals surface area (Å²) in [7, 11) is 1.90. The van der Waals surface area contributed by atoms with Gasteiger partial charge >= 0.3 is 5.97 Å². The molecule has 0 saturated carbocycles. The van der Waals surface area contributed by atoms with Gasteiger partial charge in [-0.2, -0.15) is 0 Å². The molecule has 1 saturated heterocycles. The number of likely N-dealkylation sites (N-methyl/N-ethyl adjacent to an activating group) is 1. The molecule has 1 aromatic rings. The minimum atomic E-state index is -0.755. The van der Waals surface area contributed by atoms with Gasteiger partial charge in [-0.1, -0.05) is 18.2 Å². The number of aliphatic carboxylic acids is 1. The topological polar surface area (TPSA) is 43.8 Å². The van der Waals surface area contributed by atoms with Crippen molar-refractivity contribution in [2.45, 2.75) is 18.9 Å². The molecular weight excluding hydrogens is 228 g/mol. The molecule has 4 heteroatoms. The van der Waals surface area contributed by atoms with Crippen molar-refractivity contribution in [3.63, 3.8) is 0 Å². The van der Waals surface area contributed by atoms with Crippen molar-refractivity contribution < 1.29 is 9.90 Å². The van der Waals surface area contributed by atoms with Gasteiger partial charge in [-0.3, -0.25) is 9.69 Å². The second kappa shape index (κ2) is 5.87. The average Bonchev–Trinajstić information content (AvgIpc) is 2.39. The Kier molecular flexibility index (Phi) is 4.20. The van der Waals surface area contributed by atoms with Crippen molar-refractivity contribution in [3.05, 3.63) is 30.3 Å². The highest BCUT2D eigenvalue weighted by molar-refractivity contribution is 5.69. The third kappa shape index (κ3) is 3.23. The van der Waals surface area contributed by atoms with Gasteiger partial charge in [0.1, 0.15) is 0 Å². The Balaban J connectivity index is 1.98. The zero-order valence-electron chi connectivity index (χ0n) is 10.7. The van der Waals surface area contributed by atoms with E-state index in [9.17, 15) is 4.79 Å². The van der Waals surface area contributed by atoms with Crippen LogP contribution < -0.4 is 4.90 Å². The van der Waals surface area contributed by atoms with Crippen LogP contribution in [0.5, 0.6) is 0 Å². The smallest absolute Gasteiger partial charge is 0.317 e. The van der Waals surface area contributed by atoms with E-state index in [1.165, 1.54) is 5.69 Å². The molecular formula is C14H20N2O2. The number of anilines is 1. The molecule has 0 aliphatic carbocycles. The molecule has 98 valence electrons. The molecule has 0 spiro atoms. The molecule has 0 amide bonds. The highest BCUT2D eigenvalue weighted by Crippen LogP contribution is 2.21. The van der Waals surface area contributed by atoms with Crippen LogP contribution in [0, 0.1) is 0 Å². The van der Waals surface area contributed by atoms with Crippen LogP contribution in [-0.2, 0) is 4.79 Å². The lowest BCUT2D eigenvalue weighted by Gasteiger charge is -2.38. The van der Waals surface area contributed by atoms with Gasteiger partial charge in [0.15, 0.2) is 0 Å². The lowest BCUT2D eigenvalue weighted by molar-refractivity contribution is -0.138. The largest absolute Gasteiger partial charge is 0.480 e. The van der Waals surface area contributed by atoms with Crippen molar-refractivity contribution in [1.82, 2.24) is 4.90 Å². The van der Waals surface area contributed by atoms with Gasteiger partial charge in [0.05, 0.1) is 6.54 Å². The first-order valence-corrected chi connectivity index (χ1v) is 6.39. The second-order valence-electron chi connectivity index (χ2n) is 4.89. The summed E-state index contributed by atoms with van der Waals surface area (Å²) >= 11 is 0. The standard InChI is InChI=1S/C14H20N2O2/c1-15(11-14(17)18)13-8-5-9-16(10-13)12-6-3-2-4-7-12/h2-4,6-7,13H,5,8-11H2,1H3,(H,17,18)/t13-/m0/s1. The number of carboxylic acids is 1. The molecule has 1 atom stereocenters. The molecule has 1 fully saturated rings. The number of para-hydroxylation sites is 1. The van der Waals surface area contributed by atoms with Crippen molar-refractivity contribution >= 4 is 11.7 Å². The summed E-state index contributed by atoms with van der Waals surface area (Å²) in [5, 5.41) is 8.84. The third-order valence-corrected chi connectivity index (χ3v) is 3.53. The van der Waals surface area contributed by atoms with E-state index in [1.807, 2.05) is 30.1 Å². The highest BCUT2D eigenvalue weighted by Gasteiger charge is 2.24. The summed E-state index contributed by atoms with van der Waals surface area (Å²) in [5.74, 6) is -0.755. The Morgan fingerprint density at radius 1 is 1.44 bits per heavy atom. The maximum Gasteiger partial charge on any atom is 0.317 e. The number of rotatable bonds is 4. The number of hydrogen-bond acceptors (Lipinski definition) is 3. The number of benzene rings is 1. The Labute approximate surface area is 108 Å². The Morgan fingerprint density at radius 3 is 2.83 bits per heavy atom. The first kappa shape index (κ1) is 12.9. The van der Waals surface area contributed by atoms with Gasteiger partial charge in [-0.15, -0.1) is 0 Å². The third-order valence-electron chi connectivity index (χ3n) is 3.53. The van der Waals surface area contributed by atoms with Gasteiger partial charge in [0.25, 0.3) is 0 Å². The molecule has 1 aliphatic rings. The molecule has 0 unspecified atom stereocenters. The van der Waals surface area contributed by atoms with Gasteiger partial charge < -0.3 is 10.0 Å². The van der Waals surface area contributed by atoms with Crippen LogP contribution in [0.2, 0.25) is 0 Å². The lowest BCUT2D eigenvalue weighted by atomic mass is 10.0. The Bertz CT molecular complexity index is 394. The summed E-state index contributed by atoms with van der Waals surface area (Å²) in [6.45, 7) is 2.09. The Morgan fingerprint density at radius 2 is 2.17 bits per heavy atom. The molecule has 0 radical (unpaired) electrons. The molecule has 1 heterocycles. The van der Waals surface area contributed by atoms with Crippen molar-refractivity contribution in [2.75, 3.05) is 31.6 Å². The fourth-order valence-corrected chi connectivity index (χ4v) is 2.53. The summed E-state index contributed by atoms with van der Waals surface area (Å²) < 4.78 is 0. The zero-order chi connectivity index (χ0) is 13.0. The SMILES string of the molecule is CN(CC(=O)O)[C@H]1CCCN(c2ccccc2)C1. The van der Waals surface area contributed by atoms with Gasteiger partial charge in [0, 0.05) is 24.8 Å². The van der Waals surface area contributed by atoms with Crippen molar-refractivity contribution in [3.8, 4) is 0 Å². The zero-order valence-corrected chi connectivity index (χ0v) is 10.7. The van der Waals surface area contributed by atoms with Crippen LogP contribution in [0.3, 0.4) is 0 Å². The van der Waals surface area contributed by atoms with Crippen LogP contribution in [-0.4, -0.2) is 48.7 Å². The number of carbonyl (C=O) groups is 1. The van der Waals surface area contributed by atoms with Crippen LogP contribution in [0.1, 0.15) is 12.8 Å². The second-order valence-corrected chi connectivity index (χ2v) is 4.89. The molecule has 18 heavy (non-hydrogen) atoms. The van der Waals surface area contributed by atoms with Gasteiger partial charge in [0.2, 0.25) is 0 Å². The van der Waals surface area contributed by atoms with Crippen molar-refractivity contribution in [2.24, 2.45) is 0 Å². The summed E-state index contributed by atoms with van der Waals surface area (Å²) in [6.07, 6.45) is 2.19. The fraction of sp³-hybridized carbons (Fsp3) is 0.500. The normalized spacial score (nSPS) is 20.1. The van der Waals surface area contributed by atoms with Crippen LogP contribution in [0.15, 0.2) is 30.3 Å². The van der Waals surface area contributed by atoms with E-state index < -0.39 is 5.97 Å². The molecule has 1 N–H and O–H groups in total. The van der Waals surface area contributed by atoms with E-state index in [4.69, 9.17) is 5.11 Å². The van der Waals surface area contributed by atoms with Crippen molar-refractivity contribution in [1.29, 1.82) is 0 Å². The van der Waals surface area contributed by atoms with E-state index in [-0.39, 0.29) is 6.54 Å². The average molecular weight is 248 g/mol. The van der Waals surface area contributed by atoms with E-state index >= 15 is 0 Å². The van der Waals surface area contributed by atoms with Gasteiger partial charge in [-0.05, 0) is 32.0 Å². The van der Waals surface area contributed by atoms with Gasteiger partial charge in [-0.25, -0.2) is 0 Å². The van der Waals surface area contributed by atoms with Crippen LogP contribution in [0.25, 0.3) is 0 Å². The quantitative estimate of drug-likeness (QED) is 0.880. The number of hydrogen-bond donors (Lipinski definition) is 1. The van der Waals surface area contributed by atoms with E-state index in [0.29, 0.717) is 6.04 Å². The molecule has 0 aromatic heterocycles. The monoisotopic (exact) mass is 248 g/mol. The van der Waals surface area contributed by atoms with Crippen LogP contribution >= 0.6 is 0 Å². The van der Waals surface area contributed by atoms with E-state index in [2.05, 4.69) is 17.0 Å². The maximum absolute atomic E-state index is 10.7. The first-order valence-electron chi connectivity index (χ1n) is 6.39. The maximum atomic E-state index is 10.7. The highest BCUT2D eigenvalue weighted by atomic mass is 16.4. The molecule has 0 bridgehead atoms. The predicted molar refractivity (Wildman–Crippen MR) is 71.9 cm³/mol. The molecule has 2 rings (SSSR count). The molecule has 1 aliphatic heterocycles. The number of piperidine rings is 1. The lowest BCUT2D eigenvalue weighted by Crippen LogP contribution is -2.47. The Hall–Kier alpha value is -1.55.